The van der Waals surface area contributed by atoms with Crippen LogP contribution in [0.15, 0.2) is 36.4 Å². The Kier molecular flexibility index (Phi) is 5.25. The molecule has 3 aromatic rings. The maximum absolute atomic E-state index is 6.60. The molecule has 156 valence electrons. The van der Waals surface area contributed by atoms with Crippen LogP contribution in [0.3, 0.4) is 0 Å². The number of fused-ring (bicyclic) bond motifs is 2. The Morgan fingerprint density at radius 2 is 1.70 bits per heavy atom. The molecule has 0 bridgehead atoms. The first-order chi connectivity index (χ1) is 14.6. The Hall–Kier alpha value is -2.37. The van der Waals surface area contributed by atoms with E-state index >= 15 is 0 Å². The smallest absolute Gasteiger partial charge is 0.136 e. The second-order valence-electron chi connectivity index (χ2n) is 8.32. The SMILES string of the molecule is CCc1nc2c(c(N3CCN(C)CC3)n1)CCN(c1cccc3cccc(Cl)c13)C2. The Labute approximate surface area is 183 Å². The maximum Gasteiger partial charge on any atom is 0.136 e. The number of aryl methyl sites for hydroxylation is 1. The van der Waals surface area contributed by atoms with Crippen molar-refractivity contribution in [2.75, 3.05) is 49.6 Å². The summed E-state index contributed by atoms with van der Waals surface area (Å²) in [5.41, 5.74) is 3.70. The molecule has 1 fully saturated rings. The van der Waals surface area contributed by atoms with Crippen LogP contribution in [0.2, 0.25) is 5.02 Å². The molecular formula is C24H28ClN5. The minimum absolute atomic E-state index is 0.802. The van der Waals surface area contributed by atoms with Gasteiger partial charge in [0.1, 0.15) is 11.6 Å². The molecule has 3 heterocycles. The lowest BCUT2D eigenvalue weighted by Gasteiger charge is -2.37. The summed E-state index contributed by atoms with van der Waals surface area (Å²) in [6, 6.07) is 12.6. The first-order valence-corrected chi connectivity index (χ1v) is 11.3. The van der Waals surface area contributed by atoms with Crippen LogP contribution in [-0.4, -0.2) is 54.6 Å². The minimum Gasteiger partial charge on any atom is -0.365 e. The quantitative estimate of drug-likeness (QED) is 0.634. The summed E-state index contributed by atoms with van der Waals surface area (Å²) in [4.78, 5) is 17.2. The van der Waals surface area contributed by atoms with E-state index in [0.29, 0.717) is 0 Å². The van der Waals surface area contributed by atoms with Gasteiger partial charge in [-0.1, -0.05) is 42.8 Å². The summed E-state index contributed by atoms with van der Waals surface area (Å²) in [7, 11) is 2.19. The first kappa shape index (κ1) is 19.6. The lowest BCUT2D eigenvalue weighted by molar-refractivity contribution is 0.311. The zero-order valence-electron chi connectivity index (χ0n) is 17.7. The van der Waals surface area contributed by atoms with Crippen molar-refractivity contribution in [1.29, 1.82) is 0 Å². The highest BCUT2D eigenvalue weighted by atomic mass is 35.5. The molecule has 0 spiro atoms. The van der Waals surface area contributed by atoms with Gasteiger partial charge in [-0.15, -0.1) is 0 Å². The van der Waals surface area contributed by atoms with Crippen LogP contribution in [0, 0.1) is 0 Å². The van der Waals surface area contributed by atoms with Crippen LogP contribution in [0.25, 0.3) is 10.8 Å². The van der Waals surface area contributed by atoms with Crippen molar-refractivity contribution >= 4 is 33.9 Å². The Bertz CT molecular complexity index is 1070. The third kappa shape index (κ3) is 3.50. The first-order valence-electron chi connectivity index (χ1n) is 10.9. The third-order valence-corrected chi connectivity index (χ3v) is 6.70. The lowest BCUT2D eigenvalue weighted by atomic mass is 10.0. The lowest BCUT2D eigenvalue weighted by Crippen LogP contribution is -2.46. The van der Waals surface area contributed by atoms with Gasteiger partial charge in [0.2, 0.25) is 0 Å². The number of nitrogens with zero attached hydrogens (tertiary/aromatic N) is 5. The van der Waals surface area contributed by atoms with E-state index in [2.05, 4.69) is 52.9 Å². The second kappa shape index (κ2) is 8.05. The number of likely N-dealkylation sites (N-methyl/N-ethyl adjacent to an activating group) is 1. The minimum atomic E-state index is 0.802. The highest BCUT2D eigenvalue weighted by Crippen LogP contribution is 2.36. The Balaban J connectivity index is 1.52. The van der Waals surface area contributed by atoms with Gasteiger partial charge in [0, 0.05) is 55.8 Å². The van der Waals surface area contributed by atoms with Gasteiger partial charge in [0.15, 0.2) is 0 Å². The number of hydrogen-bond donors (Lipinski definition) is 0. The number of benzene rings is 2. The fourth-order valence-corrected chi connectivity index (χ4v) is 4.92. The molecule has 0 aliphatic carbocycles. The van der Waals surface area contributed by atoms with Gasteiger partial charge in [-0.25, -0.2) is 9.97 Å². The Morgan fingerprint density at radius 3 is 2.47 bits per heavy atom. The molecule has 2 aliphatic rings. The predicted octanol–water partition coefficient (Wildman–Crippen LogP) is 4.16. The molecule has 0 amide bonds. The van der Waals surface area contributed by atoms with Crippen molar-refractivity contribution in [2.24, 2.45) is 0 Å². The van der Waals surface area contributed by atoms with Gasteiger partial charge in [-0.3, -0.25) is 0 Å². The summed E-state index contributed by atoms with van der Waals surface area (Å²) < 4.78 is 0. The molecule has 0 radical (unpaired) electrons. The highest BCUT2D eigenvalue weighted by Gasteiger charge is 2.27. The fraction of sp³-hybridized carbons (Fsp3) is 0.417. The van der Waals surface area contributed by atoms with Crippen molar-refractivity contribution in [1.82, 2.24) is 14.9 Å². The van der Waals surface area contributed by atoms with Crippen LogP contribution in [0.5, 0.6) is 0 Å². The van der Waals surface area contributed by atoms with Gasteiger partial charge >= 0.3 is 0 Å². The van der Waals surface area contributed by atoms with E-state index < -0.39 is 0 Å². The Morgan fingerprint density at radius 1 is 0.933 bits per heavy atom. The van der Waals surface area contributed by atoms with Crippen molar-refractivity contribution < 1.29 is 0 Å². The van der Waals surface area contributed by atoms with Crippen molar-refractivity contribution in [3.05, 3.63) is 58.5 Å². The molecule has 0 atom stereocenters. The van der Waals surface area contributed by atoms with Gasteiger partial charge in [-0.2, -0.15) is 0 Å². The number of anilines is 2. The fourth-order valence-electron chi connectivity index (χ4n) is 4.64. The van der Waals surface area contributed by atoms with E-state index in [9.17, 15) is 0 Å². The molecule has 1 saturated heterocycles. The molecule has 0 unspecified atom stereocenters. The third-order valence-electron chi connectivity index (χ3n) is 6.38. The molecule has 0 saturated carbocycles. The molecular weight excluding hydrogens is 394 g/mol. The predicted molar refractivity (Wildman–Crippen MR) is 125 cm³/mol. The second-order valence-corrected chi connectivity index (χ2v) is 8.73. The van der Waals surface area contributed by atoms with Crippen LogP contribution < -0.4 is 9.80 Å². The average Bonchev–Trinajstić information content (AvgIpc) is 2.78. The van der Waals surface area contributed by atoms with E-state index in [1.54, 1.807) is 0 Å². The highest BCUT2D eigenvalue weighted by molar-refractivity contribution is 6.36. The summed E-state index contributed by atoms with van der Waals surface area (Å²) in [5.74, 6) is 2.11. The molecule has 1 aromatic heterocycles. The topological polar surface area (TPSA) is 35.5 Å². The van der Waals surface area contributed by atoms with Gasteiger partial charge in [-0.05, 0) is 31.0 Å². The van der Waals surface area contributed by atoms with E-state index in [1.165, 1.54) is 28.1 Å². The normalized spacial score (nSPS) is 17.4. The molecule has 30 heavy (non-hydrogen) atoms. The van der Waals surface area contributed by atoms with Crippen molar-refractivity contribution in [3.63, 3.8) is 0 Å². The monoisotopic (exact) mass is 421 g/mol. The zero-order valence-corrected chi connectivity index (χ0v) is 18.5. The number of halogens is 1. The molecule has 2 aliphatic heterocycles. The molecule has 5 nitrogen and oxygen atoms in total. The number of rotatable bonds is 3. The summed E-state index contributed by atoms with van der Waals surface area (Å²) in [6.45, 7) is 8.13. The molecule has 5 rings (SSSR count). The van der Waals surface area contributed by atoms with E-state index in [-0.39, 0.29) is 0 Å². The van der Waals surface area contributed by atoms with Gasteiger partial charge in [0.25, 0.3) is 0 Å². The standard InChI is InChI=1S/C24H28ClN5/c1-3-22-26-20-16-30(21-9-5-7-17-6-4-8-19(25)23(17)21)11-10-18(20)24(27-22)29-14-12-28(2)13-15-29/h4-9H,3,10-16H2,1-2H3. The summed E-state index contributed by atoms with van der Waals surface area (Å²) in [6.07, 6.45) is 1.82. The average molecular weight is 422 g/mol. The molecule has 6 heteroatoms. The number of piperazine rings is 1. The number of aromatic nitrogens is 2. The maximum atomic E-state index is 6.60. The van der Waals surface area contributed by atoms with Crippen molar-refractivity contribution in [3.8, 4) is 0 Å². The van der Waals surface area contributed by atoms with Gasteiger partial charge in [0.05, 0.1) is 17.3 Å². The summed E-state index contributed by atoms with van der Waals surface area (Å²) >= 11 is 6.60. The summed E-state index contributed by atoms with van der Waals surface area (Å²) in [5, 5.41) is 3.12. The number of hydrogen-bond acceptors (Lipinski definition) is 5. The van der Waals surface area contributed by atoms with Gasteiger partial charge < -0.3 is 14.7 Å². The zero-order chi connectivity index (χ0) is 20.7. The molecule has 2 aromatic carbocycles. The van der Waals surface area contributed by atoms with E-state index in [1.807, 2.05) is 12.1 Å². The largest absolute Gasteiger partial charge is 0.365 e. The van der Waals surface area contributed by atoms with Crippen molar-refractivity contribution in [2.45, 2.75) is 26.3 Å². The van der Waals surface area contributed by atoms with E-state index in [0.717, 1.165) is 68.3 Å². The van der Waals surface area contributed by atoms with Crippen LogP contribution in [0.4, 0.5) is 11.5 Å². The van der Waals surface area contributed by atoms with Crippen LogP contribution in [-0.2, 0) is 19.4 Å². The molecule has 0 N–H and O–H groups in total. The van der Waals surface area contributed by atoms with Crippen LogP contribution in [0.1, 0.15) is 24.0 Å². The van der Waals surface area contributed by atoms with Crippen LogP contribution >= 0.6 is 11.6 Å². The van der Waals surface area contributed by atoms with E-state index in [4.69, 9.17) is 21.6 Å².